The van der Waals surface area contributed by atoms with Crippen molar-refractivity contribution >= 4 is 40.2 Å². The van der Waals surface area contributed by atoms with Crippen LogP contribution in [0.5, 0.6) is 0 Å². The Balaban J connectivity index is 2.25. The number of rotatable bonds is 2. The highest BCUT2D eigenvalue weighted by Crippen LogP contribution is 2.21. The van der Waals surface area contributed by atoms with E-state index >= 15 is 0 Å². The molecule has 0 heterocycles. The second kappa shape index (κ2) is 5.75. The highest BCUT2D eigenvalue weighted by Gasteiger charge is 2.12. The minimum Gasteiger partial charge on any atom is -0.322 e. The minimum atomic E-state index is -0.566. The molecule has 0 aliphatic heterocycles. The molecule has 19 heavy (non-hydrogen) atoms. The normalized spacial score (nSPS) is 10.3. The molecular weight excluding hydrogens is 329 g/mol. The summed E-state index contributed by atoms with van der Waals surface area (Å²) in [5, 5.41) is 2.66. The van der Waals surface area contributed by atoms with Crippen molar-refractivity contribution in [2.24, 2.45) is 0 Å². The summed E-state index contributed by atoms with van der Waals surface area (Å²) in [6, 6.07) is 9.51. The Kier molecular flexibility index (Phi) is 4.27. The summed E-state index contributed by atoms with van der Waals surface area (Å²) in [6.07, 6.45) is 0. The maximum Gasteiger partial charge on any atom is 0.258 e. The first-order valence-electron chi connectivity index (χ1n) is 5.53. The lowest BCUT2D eigenvalue weighted by atomic mass is 10.1. The Labute approximate surface area is 124 Å². The van der Waals surface area contributed by atoms with Gasteiger partial charge in [-0.05, 0) is 48.9 Å². The van der Waals surface area contributed by atoms with E-state index in [-0.39, 0.29) is 5.56 Å². The molecule has 5 heteroatoms. The van der Waals surface area contributed by atoms with Crippen LogP contribution < -0.4 is 5.32 Å². The van der Waals surface area contributed by atoms with Crippen LogP contribution in [0, 0.1) is 12.7 Å². The van der Waals surface area contributed by atoms with Crippen LogP contribution in [0.4, 0.5) is 10.1 Å². The molecule has 2 aromatic carbocycles. The predicted octanol–water partition coefficient (Wildman–Crippen LogP) is 4.44. The zero-order valence-electron chi connectivity index (χ0n) is 10.1. The zero-order valence-corrected chi connectivity index (χ0v) is 12.6. The van der Waals surface area contributed by atoms with Crippen molar-refractivity contribution in [1.82, 2.24) is 0 Å². The van der Waals surface area contributed by atoms with Crippen molar-refractivity contribution < 1.29 is 9.18 Å². The van der Waals surface area contributed by atoms with Crippen molar-refractivity contribution in [3.05, 3.63) is 57.8 Å². The molecule has 0 aromatic heterocycles. The quantitative estimate of drug-likeness (QED) is 0.778. The van der Waals surface area contributed by atoms with Crippen LogP contribution in [0.25, 0.3) is 0 Å². The van der Waals surface area contributed by atoms with Gasteiger partial charge in [-0.15, -0.1) is 12.6 Å². The molecule has 1 amide bonds. The Morgan fingerprint density at radius 1 is 1.26 bits per heavy atom. The van der Waals surface area contributed by atoms with Gasteiger partial charge in [0.2, 0.25) is 0 Å². The number of halogens is 2. The summed E-state index contributed by atoms with van der Waals surface area (Å²) >= 11 is 7.48. The lowest BCUT2D eigenvalue weighted by molar-refractivity contribution is 0.102. The van der Waals surface area contributed by atoms with Crippen LogP contribution >= 0.6 is 28.6 Å². The summed E-state index contributed by atoms with van der Waals surface area (Å²) < 4.78 is 14.5. The average Bonchev–Trinajstić information content (AvgIpc) is 2.36. The molecule has 2 aromatic rings. The predicted molar refractivity (Wildman–Crippen MR) is 80.5 cm³/mol. The largest absolute Gasteiger partial charge is 0.322 e. The fourth-order valence-corrected chi connectivity index (χ4v) is 2.06. The second-order valence-corrected chi connectivity index (χ2v) is 5.45. The number of thiol groups is 1. The van der Waals surface area contributed by atoms with Crippen LogP contribution in [-0.4, -0.2) is 5.91 Å². The molecule has 0 aliphatic rings. The zero-order chi connectivity index (χ0) is 14.0. The number of aryl methyl sites for hydroxylation is 1. The lowest BCUT2D eigenvalue weighted by Crippen LogP contribution is -2.13. The number of carbonyl (C=O) groups is 1. The molecule has 0 aliphatic carbocycles. The van der Waals surface area contributed by atoms with E-state index in [2.05, 4.69) is 33.9 Å². The van der Waals surface area contributed by atoms with Crippen molar-refractivity contribution in [2.45, 2.75) is 11.8 Å². The molecule has 0 saturated heterocycles. The summed E-state index contributed by atoms with van der Waals surface area (Å²) in [6.45, 7) is 1.91. The number of anilines is 1. The van der Waals surface area contributed by atoms with Crippen molar-refractivity contribution in [2.75, 3.05) is 5.32 Å². The standard InChI is InChI=1S/C14H11BrFNOS/c1-8-6-9(2-4-12(8)15)17-14(18)11-7-10(19)3-5-13(11)16/h2-7,19H,1H3,(H,17,18). The van der Waals surface area contributed by atoms with Gasteiger partial charge in [0.05, 0.1) is 5.56 Å². The van der Waals surface area contributed by atoms with Crippen LogP contribution in [0.3, 0.4) is 0 Å². The Hall–Kier alpha value is -1.33. The Bertz CT molecular complexity index is 645. The van der Waals surface area contributed by atoms with Gasteiger partial charge >= 0.3 is 0 Å². The first-order chi connectivity index (χ1) is 8.97. The summed E-state index contributed by atoms with van der Waals surface area (Å²) in [5.74, 6) is -1.06. The summed E-state index contributed by atoms with van der Waals surface area (Å²) in [7, 11) is 0. The average molecular weight is 340 g/mol. The van der Waals surface area contributed by atoms with Gasteiger partial charge in [-0.2, -0.15) is 0 Å². The third-order valence-electron chi connectivity index (χ3n) is 2.61. The summed E-state index contributed by atoms with van der Waals surface area (Å²) in [4.78, 5) is 12.5. The van der Waals surface area contributed by atoms with Gasteiger partial charge in [0.25, 0.3) is 5.91 Å². The SMILES string of the molecule is Cc1cc(NC(=O)c2cc(S)ccc2F)ccc1Br. The fourth-order valence-electron chi connectivity index (χ4n) is 1.61. The van der Waals surface area contributed by atoms with Gasteiger partial charge in [-0.1, -0.05) is 15.9 Å². The smallest absolute Gasteiger partial charge is 0.258 e. The molecule has 0 saturated carbocycles. The van der Waals surface area contributed by atoms with E-state index in [9.17, 15) is 9.18 Å². The van der Waals surface area contributed by atoms with Crippen molar-refractivity contribution in [1.29, 1.82) is 0 Å². The monoisotopic (exact) mass is 339 g/mol. The second-order valence-electron chi connectivity index (χ2n) is 4.08. The third-order valence-corrected chi connectivity index (χ3v) is 3.78. The maximum atomic E-state index is 13.6. The molecular formula is C14H11BrFNOS. The van der Waals surface area contributed by atoms with Gasteiger partial charge < -0.3 is 5.32 Å². The van der Waals surface area contributed by atoms with Crippen molar-refractivity contribution in [3.63, 3.8) is 0 Å². The summed E-state index contributed by atoms with van der Waals surface area (Å²) in [5.41, 5.74) is 1.59. The number of nitrogens with one attached hydrogen (secondary N) is 1. The Morgan fingerprint density at radius 3 is 2.68 bits per heavy atom. The van der Waals surface area contributed by atoms with Gasteiger partial charge in [-0.3, -0.25) is 4.79 Å². The van der Waals surface area contributed by atoms with E-state index < -0.39 is 11.7 Å². The lowest BCUT2D eigenvalue weighted by Gasteiger charge is -2.08. The molecule has 2 rings (SSSR count). The number of hydrogen-bond acceptors (Lipinski definition) is 2. The molecule has 1 N–H and O–H groups in total. The van der Waals surface area contributed by atoms with E-state index in [4.69, 9.17) is 0 Å². The molecule has 0 atom stereocenters. The maximum absolute atomic E-state index is 13.6. The molecule has 0 unspecified atom stereocenters. The highest BCUT2D eigenvalue weighted by atomic mass is 79.9. The molecule has 0 spiro atoms. The number of benzene rings is 2. The van der Waals surface area contributed by atoms with E-state index in [0.717, 1.165) is 10.0 Å². The third kappa shape index (κ3) is 3.36. The fraction of sp³-hybridized carbons (Fsp3) is 0.0714. The van der Waals surface area contributed by atoms with Gasteiger partial charge in [0.15, 0.2) is 0 Å². The molecule has 0 fully saturated rings. The Morgan fingerprint density at radius 2 is 2.00 bits per heavy atom. The van der Waals surface area contributed by atoms with E-state index in [0.29, 0.717) is 10.6 Å². The van der Waals surface area contributed by atoms with Crippen LogP contribution in [0.1, 0.15) is 15.9 Å². The highest BCUT2D eigenvalue weighted by molar-refractivity contribution is 9.10. The van der Waals surface area contributed by atoms with E-state index in [1.165, 1.54) is 18.2 Å². The van der Waals surface area contributed by atoms with E-state index in [1.807, 2.05) is 19.1 Å². The number of amides is 1. The van der Waals surface area contributed by atoms with Crippen molar-refractivity contribution in [3.8, 4) is 0 Å². The number of hydrogen-bond donors (Lipinski definition) is 2. The van der Waals surface area contributed by atoms with Gasteiger partial charge in [0.1, 0.15) is 5.82 Å². The molecule has 98 valence electrons. The first-order valence-corrected chi connectivity index (χ1v) is 6.77. The first kappa shape index (κ1) is 14.1. The minimum absolute atomic E-state index is 0.0203. The number of carbonyl (C=O) groups excluding carboxylic acids is 1. The molecule has 0 bridgehead atoms. The molecule has 0 radical (unpaired) electrons. The van der Waals surface area contributed by atoms with Crippen LogP contribution in [-0.2, 0) is 0 Å². The molecule has 2 nitrogen and oxygen atoms in total. The van der Waals surface area contributed by atoms with E-state index in [1.54, 1.807) is 6.07 Å². The topological polar surface area (TPSA) is 29.1 Å². The van der Waals surface area contributed by atoms with Gasteiger partial charge in [0, 0.05) is 15.1 Å². The van der Waals surface area contributed by atoms with Crippen LogP contribution in [0.2, 0.25) is 0 Å². The van der Waals surface area contributed by atoms with Gasteiger partial charge in [-0.25, -0.2) is 4.39 Å². The van der Waals surface area contributed by atoms with Crippen LogP contribution in [0.15, 0.2) is 45.8 Å².